The topological polar surface area (TPSA) is 27.7 Å². The van der Waals surface area contributed by atoms with E-state index < -0.39 is 0 Å². The molecule has 0 aliphatic carbocycles. The number of aryl methyl sites for hydroxylation is 1. The highest BCUT2D eigenvalue weighted by molar-refractivity contribution is 7.80. The Morgan fingerprint density at radius 3 is 2.54 bits per heavy atom. The van der Waals surface area contributed by atoms with Crippen molar-refractivity contribution in [1.29, 1.82) is 0 Å². The van der Waals surface area contributed by atoms with Gasteiger partial charge in [-0.2, -0.15) is 0 Å². The second-order valence-corrected chi connectivity index (χ2v) is 8.14. The van der Waals surface area contributed by atoms with Crippen LogP contribution in [0.1, 0.15) is 29.5 Å². The molecule has 2 aromatic carbocycles. The number of hydrogen-bond acceptors (Lipinski definition) is 3. The van der Waals surface area contributed by atoms with Crippen LogP contribution in [0.4, 0.5) is 11.4 Å². The fourth-order valence-electron chi connectivity index (χ4n) is 3.45. The minimum absolute atomic E-state index is 0.249. The Morgan fingerprint density at radius 2 is 1.89 bits per heavy atom. The Labute approximate surface area is 174 Å². The molecular formula is C23H31N3OS. The second kappa shape index (κ2) is 9.39. The van der Waals surface area contributed by atoms with Crippen molar-refractivity contribution in [2.45, 2.75) is 39.3 Å². The molecule has 28 heavy (non-hydrogen) atoms. The van der Waals surface area contributed by atoms with Crippen LogP contribution < -0.4 is 10.2 Å². The van der Waals surface area contributed by atoms with Crippen LogP contribution >= 0.6 is 12.2 Å². The maximum absolute atomic E-state index is 5.88. The number of anilines is 2. The second-order valence-electron chi connectivity index (χ2n) is 7.75. The fraction of sp³-hybridized carbons (Fsp3) is 0.435. The van der Waals surface area contributed by atoms with Crippen LogP contribution in [0.15, 0.2) is 42.5 Å². The van der Waals surface area contributed by atoms with E-state index in [0.717, 1.165) is 43.3 Å². The molecule has 1 aliphatic heterocycles. The standard InChI is InChI=1S/C23H31N3OS/c1-17-7-5-9-22(18(17)2)24-23(28)26(16-21-8-6-14-27-21)15-19-10-12-20(13-11-19)25(3)4/h5,7,9-13,21H,6,8,14-16H2,1-4H3,(H,24,28)/t21-/m1/s1. The molecule has 0 amide bonds. The molecule has 5 heteroatoms. The summed E-state index contributed by atoms with van der Waals surface area (Å²) in [5, 5.41) is 4.22. The highest BCUT2D eigenvalue weighted by Crippen LogP contribution is 2.21. The first-order chi connectivity index (χ1) is 13.4. The van der Waals surface area contributed by atoms with Crippen LogP contribution in [-0.4, -0.2) is 43.4 Å². The van der Waals surface area contributed by atoms with Gasteiger partial charge in [0.2, 0.25) is 0 Å². The van der Waals surface area contributed by atoms with Crippen LogP contribution in [0, 0.1) is 13.8 Å². The number of benzene rings is 2. The van der Waals surface area contributed by atoms with Crippen LogP contribution in [-0.2, 0) is 11.3 Å². The van der Waals surface area contributed by atoms with E-state index in [4.69, 9.17) is 17.0 Å². The zero-order valence-corrected chi connectivity index (χ0v) is 18.2. The van der Waals surface area contributed by atoms with Gasteiger partial charge in [-0.25, -0.2) is 0 Å². The molecule has 0 saturated carbocycles. The molecule has 1 fully saturated rings. The number of nitrogens with one attached hydrogen (secondary N) is 1. The van der Waals surface area contributed by atoms with Crippen molar-refractivity contribution in [3.8, 4) is 0 Å². The SMILES string of the molecule is Cc1cccc(NC(=S)N(Cc2ccc(N(C)C)cc2)C[C@H]2CCCO2)c1C. The molecule has 1 heterocycles. The summed E-state index contributed by atoms with van der Waals surface area (Å²) >= 11 is 5.81. The van der Waals surface area contributed by atoms with Crippen molar-refractivity contribution in [3.63, 3.8) is 0 Å². The van der Waals surface area contributed by atoms with Crippen molar-refractivity contribution >= 4 is 28.7 Å². The average Bonchev–Trinajstić information content (AvgIpc) is 3.18. The molecule has 1 N–H and O–H groups in total. The molecule has 3 rings (SSSR count). The highest BCUT2D eigenvalue weighted by Gasteiger charge is 2.21. The minimum atomic E-state index is 0.249. The van der Waals surface area contributed by atoms with E-state index >= 15 is 0 Å². The Kier molecular flexibility index (Phi) is 6.92. The monoisotopic (exact) mass is 397 g/mol. The lowest BCUT2D eigenvalue weighted by Crippen LogP contribution is -2.39. The minimum Gasteiger partial charge on any atom is -0.378 e. The summed E-state index contributed by atoms with van der Waals surface area (Å²) in [6.45, 7) is 6.69. The van der Waals surface area contributed by atoms with Gasteiger partial charge in [0.15, 0.2) is 5.11 Å². The van der Waals surface area contributed by atoms with Gasteiger partial charge in [-0.15, -0.1) is 0 Å². The number of hydrogen-bond donors (Lipinski definition) is 1. The fourth-order valence-corrected chi connectivity index (χ4v) is 3.70. The van der Waals surface area contributed by atoms with Crippen LogP contribution in [0.2, 0.25) is 0 Å². The summed E-state index contributed by atoms with van der Waals surface area (Å²) in [7, 11) is 4.12. The summed E-state index contributed by atoms with van der Waals surface area (Å²) in [5.41, 5.74) is 6.01. The maximum Gasteiger partial charge on any atom is 0.173 e. The highest BCUT2D eigenvalue weighted by atomic mass is 32.1. The van der Waals surface area contributed by atoms with Crippen molar-refractivity contribution in [2.24, 2.45) is 0 Å². The van der Waals surface area contributed by atoms with E-state index in [1.165, 1.54) is 22.4 Å². The third-order valence-corrected chi connectivity index (χ3v) is 5.77. The predicted molar refractivity (Wildman–Crippen MR) is 122 cm³/mol. The van der Waals surface area contributed by atoms with Gasteiger partial charge in [0.25, 0.3) is 0 Å². The van der Waals surface area contributed by atoms with Crippen LogP contribution in [0.25, 0.3) is 0 Å². The maximum atomic E-state index is 5.88. The molecule has 2 aromatic rings. The van der Waals surface area contributed by atoms with Crippen molar-refractivity contribution in [2.75, 3.05) is 37.5 Å². The van der Waals surface area contributed by atoms with Gasteiger partial charge in [-0.3, -0.25) is 0 Å². The number of rotatable bonds is 6. The van der Waals surface area contributed by atoms with Gasteiger partial charge in [0.05, 0.1) is 6.10 Å². The van der Waals surface area contributed by atoms with E-state index in [-0.39, 0.29) is 6.10 Å². The Hall–Kier alpha value is -2.11. The number of ether oxygens (including phenoxy) is 1. The van der Waals surface area contributed by atoms with Crippen LogP contribution in [0.3, 0.4) is 0 Å². The largest absolute Gasteiger partial charge is 0.378 e. The Morgan fingerprint density at radius 1 is 1.14 bits per heavy atom. The average molecular weight is 398 g/mol. The molecule has 1 atom stereocenters. The van der Waals surface area contributed by atoms with Crippen molar-refractivity contribution in [3.05, 3.63) is 59.2 Å². The predicted octanol–water partition coefficient (Wildman–Crippen LogP) is 4.75. The molecule has 150 valence electrons. The van der Waals surface area contributed by atoms with E-state index in [0.29, 0.717) is 0 Å². The molecule has 0 spiro atoms. The zero-order valence-electron chi connectivity index (χ0n) is 17.4. The van der Waals surface area contributed by atoms with Crippen molar-refractivity contribution < 1.29 is 4.74 Å². The lowest BCUT2D eigenvalue weighted by atomic mass is 10.1. The van der Waals surface area contributed by atoms with Gasteiger partial charge < -0.3 is 19.9 Å². The van der Waals surface area contributed by atoms with E-state index in [1.54, 1.807) is 0 Å². The van der Waals surface area contributed by atoms with Gasteiger partial charge in [-0.1, -0.05) is 24.3 Å². The van der Waals surface area contributed by atoms with Gasteiger partial charge in [0, 0.05) is 45.2 Å². The van der Waals surface area contributed by atoms with Crippen molar-refractivity contribution in [1.82, 2.24) is 4.90 Å². The van der Waals surface area contributed by atoms with E-state index in [1.807, 2.05) is 0 Å². The smallest absolute Gasteiger partial charge is 0.173 e. The first-order valence-electron chi connectivity index (χ1n) is 9.94. The summed E-state index contributed by atoms with van der Waals surface area (Å²) in [6.07, 6.45) is 2.48. The lowest BCUT2D eigenvalue weighted by molar-refractivity contribution is 0.0905. The molecule has 4 nitrogen and oxygen atoms in total. The van der Waals surface area contributed by atoms with Gasteiger partial charge in [-0.05, 0) is 73.8 Å². The summed E-state index contributed by atoms with van der Waals surface area (Å²) in [5.74, 6) is 0. The third-order valence-electron chi connectivity index (χ3n) is 5.41. The molecule has 0 unspecified atom stereocenters. The van der Waals surface area contributed by atoms with Crippen LogP contribution in [0.5, 0.6) is 0 Å². The first kappa shape index (κ1) is 20.6. The summed E-state index contributed by atoms with van der Waals surface area (Å²) in [4.78, 5) is 4.35. The third kappa shape index (κ3) is 5.24. The molecule has 1 saturated heterocycles. The molecular weight excluding hydrogens is 366 g/mol. The zero-order chi connectivity index (χ0) is 20.1. The Bertz CT molecular complexity index is 798. The quantitative estimate of drug-likeness (QED) is 0.710. The van der Waals surface area contributed by atoms with Gasteiger partial charge in [0.1, 0.15) is 0 Å². The van der Waals surface area contributed by atoms with Gasteiger partial charge >= 0.3 is 0 Å². The first-order valence-corrected chi connectivity index (χ1v) is 10.3. The number of nitrogens with zero attached hydrogens (tertiary/aromatic N) is 2. The van der Waals surface area contributed by atoms with E-state index in [2.05, 4.69) is 85.5 Å². The lowest BCUT2D eigenvalue weighted by Gasteiger charge is -2.29. The molecule has 0 radical (unpaired) electrons. The normalized spacial score (nSPS) is 16.1. The number of thiocarbonyl (C=S) groups is 1. The summed E-state index contributed by atoms with van der Waals surface area (Å²) < 4.78 is 5.88. The molecule has 1 aliphatic rings. The van der Waals surface area contributed by atoms with E-state index in [9.17, 15) is 0 Å². The molecule has 0 bridgehead atoms. The molecule has 0 aromatic heterocycles. The summed E-state index contributed by atoms with van der Waals surface area (Å²) in [6, 6.07) is 14.9. The Balaban J connectivity index is 1.75.